The molecule has 0 saturated carbocycles. The number of aliphatic hydroxyl groups excluding tert-OH is 1. The summed E-state index contributed by atoms with van der Waals surface area (Å²) < 4.78 is 9.38. The first-order chi connectivity index (χ1) is 16.2. The van der Waals surface area contributed by atoms with Crippen molar-refractivity contribution in [2.24, 2.45) is 0 Å². The fourth-order valence-electron chi connectivity index (χ4n) is 3.69. The summed E-state index contributed by atoms with van der Waals surface area (Å²) in [6, 6.07) is 15.6. The van der Waals surface area contributed by atoms with Gasteiger partial charge in [0.25, 0.3) is 0 Å². The van der Waals surface area contributed by atoms with E-state index in [1.54, 1.807) is 17.7 Å². The number of benzene rings is 2. The van der Waals surface area contributed by atoms with Gasteiger partial charge in [-0.1, -0.05) is 17.7 Å². The van der Waals surface area contributed by atoms with Gasteiger partial charge in [-0.15, -0.1) is 36.2 Å². The SMILES string of the molecule is Cl.Cl.OCCNCCn1ccc2ncnc(Nc3ccc(Oc4cccc5sccc45)c(Cl)c3)c21. The predicted octanol–water partition coefficient (Wildman–Crippen LogP) is 6.26. The van der Waals surface area contributed by atoms with Crippen LogP contribution in [0, 0.1) is 0 Å². The number of rotatable bonds is 9. The molecule has 0 fully saturated rings. The fourth-order valence-corrected chi connectivity index (χ4v) is 4.71. The van der Waals surface area contributed by atoms with Crippen LogP contribution in [0.4, 0.5) is 11.5 Å². The van der Waals surface area contributed by atoms with Crippen LogP contribution in [-0.2, 0) is 6.54 Å². The van der Waals surface area contributed by atoms with E-state index in [9.17, 15) is 0 Å². The van der Waals surface area contributed by atoms with E-state index in [0.29, 0.717) is 23.1 Å². The molecule has 0 aliphatic rings. The molecule has 3 heterocycles. The predicted molar refractivity (Wildman–Crippen MR) is 149 cm³/mol. The molecule has 0 spiro atoms. The molecule has 0 atom stereocenters. The molecule has 3 aromatic heterocycles. The van der Waals surface area contributed by atoms with Gasteiger partial charge < -0.3 is 25.0 Å². The largest absolute Gasteiger partial charge is 0.455 e. The Morgan fingerprint density at radius 2 is 1.91 bits per heavy atom. The minimum atomic E-state index is 0. The lowest BCUT2D eigenvalue weighted by atomic mass is 10.2. The van der Waals surface area contributed by atoms with Crippen LogP contribution in [0.3, 0.4) is 0 Å². The summed E-state index contributed by atoms with van der Waals surface area (Å²) in [6.07, 6.45) is 3.53. The summed E-state index contributed by atoms with van der Waals surface area (Å²) in [5, 5.41) is 19.1. The number of ether oxygens (including phenoxy) is 1. The number of nitrogens with one attached hydrogen (secondary N) is 2. The Morgan fingerprint density at radius 3 is 2.74 bits per heavy atom. The van der Waals surface area contributed by atoms with E-state index in [1.165, 1.54) is 4.70 Å². The van der Waals surface area contributed by atoms with Gasteiger partial charge in [-0.2, -0.15) is 0 Å². The first-order valence-corrected chi connectivity index (χ1v) is 11.8. The van der Waals surface area contributed by atoms with Crippen molar-refractivity contribution in [3.05, 3.63) is 71.5 Å². The van der Waals surface area contributed by atoms with Crippen molar-refractivity contribution in [1.82, 2.24) is 19.9 Å². The normalized spacial score (nSPS) is 10.7. The van der Waals surface area contributed by atoms with Gasteiger partial charge >= 0.3 is 0 Å². The first-order valence-electron chi connectivity index (χ1n) is 10.5. The van der Waals surface area contributed by atoms with Crippen LogP contribution in [0.25, 0.3) is 21.1 Å². The topological polar surface area (TPSA) is 84.2 Å². The molecule has 11 heteroatoms. The highest BCUT2D eigenvalue weighted by atomic mass is 35.5. The van der Waals surface area contributed by atoms with Crippen molar-refractivity contribution >= 4 is 80.4 Å². The van der Waals surface area contributed by atoms with Crippen molar-refractivity contribution in [3.63, 3.8) is 0 Å². The van der Waals surface area contributed by atoms with Gasteiger partial charge in [0, 0.05) is 41.6 Å². The van der Waals surface area contributed by atoms with E-state index in [4.69, 9.17) is 21.4 Å². The van der Waals surface area contributed by atoms with E-state index in [1.807, 2.05) is 54.0 Å². The molecule has 7 nitrogen and oxygen atoms in total. The highest BCUT2D eigenvalue weighted by Gasteiger charge is 2.12. The zero-order chi connectivity index (χ0) is 22.6. The van der Waals surface area contributed by atoms with Gasteiger partial charge in [-0.25, -0.2) is 9.97 Å². The van der Waals surface area contributed by atoms with Crippen LogP contribution < -0.4 is 15.4 Å². The van der Waals surface area contributed by atoms with E-state index in [0.717, 1.165) is 40.9 Å². The number of fused-ring (bicyclic) bond motifs is 2. The Morgan fingerprint density at radius 1 is 1.03 bits per heavy atom. The quantitative estimate of drug-likeness (QED) is 0.187. The van der Waals surface area contributed by atoms with Crippen LogP contribution in [0.15, 0.2) is 66.4 Å². The zero-order valence-corrected chi connectivity index (χ0v) is 21.7. The number of hydrogen-bond donors (Lipinski definition) is 3. The summed E-state index contributed by atoms with van der Waals surface area (Å²) in [5.41, 5.74) is 2.56. The van der Waals surface area contributed by atoms with Gasteiger partial charge in [-0.05, 0) is 47.8 Å². The fraction of sp³-hybridized carbons (Fsp3) is 0.167. The molecule has 35 heavy (non-hydrogen) atoms. The van der Waals surface area contributed by atoms with Gasteiger partial charge in [0.2, 0.25) is 0 Å². The summed E-state index contributed by atoms with van der Waals surface area (Å²) in [7, 11) is 0. The van der Waals surface area contributed by atoms with Gasteiger partial charge in [0.1, 0.15) is 23.3 Å². The summed E-state index contributed by atoms with van der Waals surface area (Å²) >= 11 is 8.25. The maximum atomic E-state index is 8.95. The van der Waals surface area contributed by atoms with Crippen molar-refractivity contribution in [3.8, 4) is 11.5 Å². The first kappa shape index (κ1) is 27.0. The maximum Gasteiger partial charge on any atom is 0.158 e. The van der Waals surface area contributed by atoms with Crippen LogP contribution in [0.1, 0.15) is 0 Å². The van der Waals surface area contributed by atoms with E-state index in [-0.39, 0.29) is 31.4 Å². The second-order valence-corrected chi connectivity index (χ2v) is 8.75. The van der Waals surface area contributed by atoms with Crippen LogP contribution in [0.2, 0.25) is 5.02 Å². The number of halogens is 3. The van der Waals surface area contributed by atoms with Crippen molar-refractivity contribution in [2.75, 3.05) is 25.0 Å². The third-order valence-corrected chi connectivity index (χ3v) is 6.42. The number of thiophene rings is 1. The smallest absolute Gasteiger partial charge is 0.158 e. The molecule has 0 amide bonds. The molecule has 184 valence electrons. The standard InChI is InChI=1S/C24H22ClN5O2S.2ClH/c25-18-14-16(4-5-21(18)32-20-2-1-3-22-17(20)7-13-33-22)29-24-23-19(27-15-28-24)6-10-30(23)11-8-26-9-12-31;;/h1-7,10,13-15,26,31H,8-9,11-12H2,(H,27,28,29);2*1H. The lowest BCUT2D eigenvalue weighted by molar-refractivity contribution is 0.291. The molecule has 5 rings (SSSR count). The average molecular weight is 553 g/mol. The van der Waals surface area contributed by atoms with Crippen molar-refractivity contribution < 1.29 is 9.84 Å². The Labute approximate surface area is 223 Å². The highest BCUT2D eigenvalue weighted by molar-refractivity contribution is 7.17. The molecule has 0 unspecified atom stereocenters. The third-order valence-electron chi connectivity index (χ3n) is 5.24. The Balaban J connectivity index is 0.00000171. The molecule has 3 N–H and O–H groups in total. The molecular weight excluding hydrogens is 529 g/mol. The van der Waals surface area contributed by atoms with E-state index in [2.05, 4.69) is 31.2 Å². The Bertz CT molecular complexity index is 1410. The Kier molecular flexibility index (Phi) is 9.56. The minimum absolute atomic E-state index is 0. The second-order valence-electron chi connectivity index (χ2n) is 7.40. The summed E-state index contributed by atoms with van der Waals surface area (Å²) in [5.74, 6) is 2.06. The van der Waals surface area contributed by atoms with Gasteiger partial charge in [-0.3, -0.25) is 0 Å². The van der Waals surface area contributed by atoms with Crippen LogP contribution >= 0.6 is 47.8 Å². The molecule has 0 aliphatic carbocycles. The molecular formula is C24H24Cl3N5O2S. The Hall–Kier alpha value is -2.59. The number of hydrogen-bond acceptors (Lipinski definition) is 7. The molecule has 0 saturated heterocycles. The monoisotopic (exact) mass is 551 g/mol. The molecule has 0 radical (unpaired) electrons. The number of nitrogens with zero attached hydrogens (tertiary/aromatic N) is 3. The summed E-state index contributed by atoms with van der Waals surface area (Å²) in [6.45, 7) is 2.14. The van der Waals surface area contributed by atoms with Crippen LogP contribution in [0.5, 0.6) is 11.5 Å². The number of aliphatic hydroxyl groups is 1. The second kappa shape index (κ2) is 12.4. The number of aromatic nitrogens is 3. The lowest BCUT2D eigenvalue weighted by Crippen LogP contribution is -2.22. The van der Waals surface area contributed by atoms with E-state index >= 15 is 0 Å². The van der Waals surface area contributed by atoms with E-state index < -0.39 is 0 Å². The van der Waals surface area contributed by atoms with Crippen molar-refractivity contribution in [2.45, 2.75) is 6.54 Å². The highest BCUT2D eigenvalue weighted by Crippen LogP contribution is 2.37. The lowest BCUT2D eigenvalue weighted by Gasteiger charge is -2.13. The zero-order valence-electron chi connectivity index (χ0n) is 18.5. The third kappa shape index (κ3) is 5.98. The maximum absolute atomic E-state index is 8.95. The minimum Gasteiger partial charge on any atom is -0.455 e. The molecule has 0 bridgehead atoms. The molecule has 5 aromatic rings. The summed E-state index contributed by atoms with van der Waals surface area (Å²) in [4.78, 5) is 8.82. The van der Waals surface area contributed by atoms with Crippen molar-refractivity contribution in [1.29, 1.82) is 0 Å². The van der Waals surface area contributed by atoms with Gasteiger partial charge in [0.15, 0.2) is 5.82 Å². The van der Waals surface area contributed by atoms with Crippen LogP contribution in [-0.4, -0.2) is 39.3 Å². The van der Waals surface area contributed by atoms with Gasteiger partial charge in [0.05, 0.1) is 17.1 Å². The average Bonchev–Trinajstić information content (AvgIpc) is 3.47. The molecule has 2 aromatic carbocycles. The molecule has 0 aliphatic heterocycles. The number of anilines is 2.